The highest BCUT2D eigenvalue weighted by Gasteiger charge is 2.04. The smallest absolute Gasteiger partial charge is 0.251 e. The zero-order chi connectivity index (χ0) is 14.9. The molecule has 0 atom stereocenters. The van der Waals surface area contributed by atoms with Crippen molar-refractivity contribution in [2.45, 2.75) is 13.0 Å². The molecule has 0 saturated carbocycles. The van der Waals surface area contributed by atoms with Crippen molar-refractivity contribution in [3.63, 3.8) is 0 Å². The van der Waals surface area contributed by atoms with Crippen LogP contribution in [-0.2, 0) is 6.54 Å². The Kier molecular flexibility index (Phi) is 5.72. The molecule has 1 aromatic carbocycles. The molecule has 0 spiro atoms. The van der Waals surface area contributed by atoms with Crippen molar-refractivity contribution in [2.75, 3.05) is 13.1 Å². The molecule has 5 nitrogen and oxygen atoms in total. The van der Waals surface area contributed by atoms with Gasteiger partial charge in [0.15, 0.2) is 0 Å². The van der Waals surface area contributed by atoms with E-state index in [1.165, 1.54) is 6.07 Å². The Hall–Kier alpha value is -2.40. The first-order valence-electron chi connectivity index (χ1n) is 6.92. The fourth-order valence-electron chi connectivity index (χ4n) is 1.90. The quantitative estimate of drug-likeness (QED) is 0.677. The van der Waals surface area contributed by atoms with E-state index in [2.05, 4.69) is 15.6 Å². The van der Waals surface area contributed by atoms with Crippen LogP contribution in [-0.4, -0.2) is 29.1 Å². The second kappa shape index (κ2) is 8.01. The van der Waals surface area contributed by atoms with Gasteiger partial charge < -0.3 is 15.7 Å². The molecule has 0 aliphatic heterocycles. The lowest BCUT2D eigenvalue weighted by atomic mass is 10.2. The summed E-state index contributed by atoms with van der Waals surface area (Å²) in [6.07, 6.45) is 4.42. The Morgan fingerprint density at radius 1 is 1.19 bits per heavy atom. The Balaban J connectivity index is 1.60. The van der Waals surface area contributed by atoms with Crippen LogP contribution >= 0.6 is 0 Å². The number of nitrogens with one attached hydrogen (secondary N) is 2. The van der Waals surface area contributed by atoms with Crippen molar-refractivity contribution < 1.29 is 9.90 Å². The molecule has 110 valence electrons. The van der Waals surface area contributed by atoms with Gasteiger partial charge in [-0.2, -0.15) is 0 Å². The van der Waals surface area contributed by atoms with E-state index >= 15 is 0 Å². The maximum Gasteiger partial charge on any atom is 0.251 e. The van der Waals surface area contributed by atoms with Gasteiger partial charge in [-0.15, -0.1) is 0 Å². The number of hydrogen-bond donors (Lipinski definition) is 3. The molecule has 1 amide bonds. The highest BCUT2D eigenvalue weighted by atomic mass is 16.3. The number of hydrogen-bond acceptors (Lipinski definition) is 4. The van der Waals surface area contributed by atoms with Crippen LogP contribution in [0.3, 0.4) is 0 Å². The molecule has 1 heterocycles. The number of carbonyl (C=O) groups is 1. The molecule has 0 saturated heterocycles. The molecule has 0 fully saturated rings. The van der Waals surface area contributed by atoms with Gasteiger partial charge in [0.25, 0.3) is 5.91 Å². The molecule has 0 unspecified atom stereocenters. The van der Waals surface area contributed by atoms with Crippen LogP contribution in [0, 0.1) is 0 Å². The van der Waals surface area contributed by atoms with Gasteiger partial charge >= 0.3 is 0 Å². The molecule has 2 aromatic rings. The second-order valence-corrected chi connectivity index (χ2v) is 4.70. The normalized spacial score (nSPS) is 10.3. The first-order chi connectivity index (χ1) is 10.3. The summed E-state index contributed by atoms with van der Waals surface area (Å²) in [5.74, 6) is -0.0704. The van der Waals surface area contributed by atoms with Crippen LogP contribution in [0.1, 0.15) is 22.3 Å². The maximum absolute atomic E-state index is 11.8. The number of pyridine rings is 1. The summed E-state index contributed by atoms with van der Waals surface area (Å²) < 4.78 is 0. The average Bonchev–Trinajstić information content (AvgIpc) is 2.51. The number of benzene rings is 1. The standard InChI is InChI=1S/C16H19N3O2/c20-15-6-1-5-14(10-15)16(21)19-9-3-8-18-12-13-4-2-7-17-11-13/h1-2,4-7,10-11,18,20H,3,8-9,12H2,(H,19,21). The molecule has 0 aliphatic carbocycles. The summed E-state index contributed by atoms with van der Waals surface area (Å²) >= 11 is 0. The van der Waals surface area contributed by atoms with Gasteiger partial charge in [-0.25, -0.2) is 0 Å². The largest absolute Gasteiger partial charge is 0.508 e. The predicted molar refractivity (Wildman–Crippen MR) is 81.0 cm³/mol. The summed E-state index contributed by atoms with van der Waals surface area (Å²) in [6.45, 7) is 2.18. The fourth-order valence-corrected chi connectivity index (χ4v) is 1.90. The monoisotopic (exact) mass is 285 g/mol. The van der Waals surface area contributed by atoms with E-state index in [4.69, 9.17) is 0 Å². The van der Waals surface area contributed by atoms with Crippen LogP contribution in [0.5, 0.6) is 5.75 Å². The highest BCUT2D eigenvalue weighted by molar-refractivity contribution is 5.94. The number of nitrogens with zero attached hydrogens (tertiary/aromatic N) is 1. The molecule has 2 rings (SSSR count). The third-order valence-electron chi connectivity index (χ3n) is 2.98. The number of aromatic hydroxyl groups is 1. The van der Waals surface area contributed by atoms with E-state index in [1.54, 1.807) is 24.4 Å². The van der Waals surface area contributed by atoms with E-state index in [0.29, 0.717) is 12.1 Å². The molecule has 0 radical (unpaired) electrons. The minimum Gasteiger partial charge on any atom is -0.508 e. The minimum absolute atomic E-state index is 0.0980. The summed E-state index contributed by atoms with van der Waals surface area (Å²) in [6, 6.07) is 10.3. The summed E-state index contributed by atoms with van der Waals surface area (Å²) in [5, 5.41) is 15.4. The number of phenols is 1. The third-order valence-corrected chi connectivity index (χ3v) is 2.98. The predicted octanol–water partition coefficient (Wildman–Crippen LogP) is 1.70. The topological polar surface area (TPSA) is 74.2 Å². The zero-order valence-electron chi connectivity index (χ0n) is 11.7. The molecule has 3 N–H and O–H groups in total. The lowest BCUT2D eigenvalue weighted by Gasteiger charge is -2.07. The first kappa shape index (κ1) is 15.0. The Morgan fingerprint density at radius 2 is 2.10 bits per heavy atom. The van der Waals surface area contributed by atoms with Gasteiger partial charge in [0.1, 0.15) is 5.75 Å². The zero-order valence-corrected chi connectivity index (χ0v) is 11.7. The molecule has 0 aliphatic rings. The van der Waals surface area contributed by atoms with Crippen molar-refractivity contribution in [3.05, 3.63) is 59.9 Å². The third kappa shape index (κ3) is 5.24. The van der Waals surface area contributed by atoms with E-state index in [-0.39, 0.29) is 11.7 Å². The lowest BCUT2D eigenvalue weighted by Crippen LogP contribution is -2.27. The first-order valence-corrected chi connectivity index (χ1v) is 6.92. The SMILES string of the molecule is O=C(NCCCNCc1cccnc1)c1cccc(O)c1. The molecule has 0 bridgehead atoms. The van der Waals surface area contributed by atoms with Crippen LogP contribution in [0.15, 0.2) is 48.8 Å². The van der Waals surface area contributed by atoms with Crippen molar-refractivity contribution in [2.24, 2.45) is 0 Å². The van der Waals surface area contributed by atoms with Crippen LogP contribution in [0.2, 0.25) is 0 Å². The number of amides is 1. The van der Waals surface area contributed by atoms with Gasteiger partial charge in [-0.3, -0.25) is 9.78 Å². The summed E-state index contributed by atoms with van der Waals surface area (Å²) in [5.41, 5.74) is 1.61. The van der Waals surface area contributed by atoms with Gasteiger partial charge in [-0.1, -0.05) is 12.1 Å². The molecular formula is C16H19N3O2. The van der Waals surface area contributed by atoms with Crippen molar-refractivity contribution >= 4 is 5.91 Å². The molecular weight excluding hydrogens is 266 g/mol. The van der Waals surface area contributed by atoms with Crippen molar-refractivity contribution in [1.82, 2.24) is 15.6 Å². The van der Waals surface area contributed by atoms with E-state index < -0.39 is 0 Å². The minimum atomic E-state index is -0.168. The van der Waals surface area contributed by atoms with Gasteiger partial charge in [0.05, 0.1) is 0 Å². The van der Waals surface area contributed by atoms with Crippen molar-refractivity contribution in [1.29, 1.82) is 0 Å². The Morgan fingerprint density at radius 3 is 2.86 bits per heavy atom. The van der Waals surface area contributed by atoms with Gasteiger partial charge in [-0.05, 0) is 42.8 Å². The number of phenolic OH excluding ortho intramolecular Hbond substituents is 1. The lowest BCUT2D eigenvalue weighted by molar-refractivity contribution is 0.0953. The highest BCUT2D eigenvalue weighted by Crippen LogP contribution is 2.10. The number of carbonyl (C=O) groups excluding carboxylic acids is 1. The van der Waals surface area contributed by atoms with Crippen molar-refractivity contribution in [3.8, 4) is 5.75 Å². The van der Waals surface area contributed by atoms with Gasteiger partial charge in [0.2, 0.25) is 0 Å². The van der Waals surface area contributed by atoms with E-state index in [0.717, 1.165) is 25.1 Å². The molecule has 1 aromatic heterocycles. The average molecular weight is 285 g/mol. The Labute approximate surface area is 124 Å². The van der Waals surface area contributed by atoms with Crippen LogP contribution < -0.4 is 10.6 Å². The Bertz CT molecular complexity index is 573. The van der Waals surface area contributed by atoms with Gasteiger partial charge in [0, 0.05) is 31.0 Å². The maximum atomic E-state index is 11.8. The fraction of sp³-hybridized carbons (Fsp3) is 0.250. The van der Waals surface area contributed by atoms with Crippen LogP contribution in [0.25, 0.3) is 0 Å². The number of rotatable bonds is 7. The second-order valence-electron chi connectivity index (χ2n) is 4.70. The van der Waals surface area contributed by atoms with Crippen LogP contribution in [0.4, 0.5) is 0 Å². The summed E-state index contributed by atoms with van der Waals surface area (Å²) in [4.78, 5) is 15.8. The molecule has 5 heteroatoms. The summed E-state index contributed by atoms with van der Waals surface area (Å²) in [7, 11) is 0. The van der Waals surface area contributed by atoms with E-state index in [9.17, 15) is 9.90 Å². The number of aromatic nitrogens is 1. The van der Waals surface area contributed by atoms with E-state index in [1.807, 2.05) is 18.3 Å². The molecule has 21 heavy (non-hydrogen) atoms.